The van der Waals surface area contributed by atoms with Crippen LogP contribution in [0.5, 0.6) is 0 Å². The molecule has 1 unspecified atom stereocenters. The summed E-state index contributed by atoms with van der Waals surface area (Å²) >= 11 is 0. The van der Waals surface area contributed by atoms with Crippen LogP contribution in [0.15, 0.2) is 23.8 Å². The summed E-state index contributed by atoms with van der Waals surface area (Å²) in [6.07, 6.45) is 7.68. The highest BCUT2D eigenvalue weighted by atomic mass is 16.5. The van der Waals surface area contributed by atoms with E-state index in [1.54, 1.807) is 0 Å². The molecule has 0 amide bonds. The maximum Gasteiger partial charge on any atom is 0.0796 e. The normalized spacial score (nSPS) is 27.0. The minimum atomic E-state index is 0.329. The van der Waals surface area contributed by atoms with E-state index in [-0.39, 0.29) is 0 Å². The lowest BCUT2D eigenvalue weighted by Gasteiger charge is -2.18. The van der Waals surface area contributed by atoms with E-state index in [1.807, 2.05) is 13.0 Å². The molecule has 0 saturated heterocycles. The summed E-state index contributed by atoms with van der Waals surface area (Å²) in [7, 11) is 0. The van der Waals surface area contributed by atoms with Gasteiger partial charge in [-0.25, -0.2) is 0 Å². The van der Waals surface area contributed by atoms with Crippen molar-refractivity contribution in [1.82, 2.24) is 0 Å². The molecule has 0 aliphatic carbocycles. The van der Waals surface area contributed by atoms with Gasteiger partial charge in [-0.3, -0.25) is 0 Å². The SMILES string of the molecule is C/C=C\C1CC(C)=CCO1. The average molecular weight is 138 g/mol. The summed E-state index contributed by atoms with van der Waals surface area (Å²) in [4.78, 5) is 0. The maximum atomic E-state index is 5.43. The van der Waals surface area contributed by atoms with Gasteiger partial charge in [0.25, 0.3) is 0 Å². The zero-order valence-electron chi connectivity index (χ0n) is 6.63. The summed E-state index contributed by atoms with van der Waals surface area (Å²) in [6.45, 7) is 4.96. The Bertz CT molecular complexity index is 156. The monoisotopic (exact) mass is 138 g/mol. The molecule has 0 spiro atoms. The molecule has 10 heavy (non-hydrogen) atoms. The lowest BCUT2D eigenvalue weighted by molar-refractivity contribution is 0.0987. The van der Waals surface area contributed by atoms with Crippen molar-refractivity contribution in [1.29, 1.82) is 0 Å². The quantitative estimate of drug-likeness (QED) is 0.505. The molecule has 1 nitrogen and oxygen atoms in total. The van der Waals surface area contributed by atoms with Crippen molar-refractivity contribution < 1.29 is 4.74 Å². The molecule has 0 saturated carbocycles. The van der Waals surface area contributed by atoms with E-state index in [2.05, 4.69) is 19.1 Å². The lowest BCUT2D eigenvalue weighted by atomic mass is 10.1. The van der Waals surface area contributed by atoms with Crippen LogP contribution in [-0.4, -0.2) is 12.7 Å². The van der Waals surface area contributed by atoms with E-state index < -0.39 is 0 Å². The van der Waals surface area contributed by atoms with Crippen molar-refractivity contribution in [3.05, 3.63) is 23.8 Å². The molecular weight excluding hydrogens is 124 g/mol. The number of rotatable bonds is 1. The van der Waals surface area contributed by atoms with Gasteiger partial charge in [0.1, 0.15) is 0 Å². The summed E-state index contributed by atoms with van der Waals surface area (Å²) in [6, 6.07) is 0. The molecule has 56 valence electrons. The standard InChI is InChI=1S/C9H14O/c1-3-4-9-7-8(2)5-6-10-9/h3-5,9H,6-7H2,1-2H3/b4-3-. The van der Waals surface area contributed by atoms with Gasteiger partial charge in [0.15, 0.2) is 0 Å². The highest BCUT2D eigenvalue weighted by Gasteiger charge is 2.08. The smallest absolute Gasteiger partial charge is 0.0796 e. The lowest BCUT2D eigenvalue weighted by Crippen LogP contribution is -2.14. The third-order valence-electron chi connectivity index (χ3n) is 1.67. The van der Waals surface area contributed by atoms with Crippen LogP contribution >= 0.6 is 0 Å². The molecule has 0 bridgehead atoms. The van der Waals surface area contributed by atoms with Gasteiger partial charge in [-0.2, -0.15) is 0 Å². The van der Waals surface area contributed by atoms with E-state index >= 15 is 0 Å². The Hall–Kier alpha value is -0.560. The molecule has 1 rings (SSSR count). The van der Waals surface area contributed by atoms with Crippen molar-refractivity contribution in [3.8, 4) is 0 Å². The number of hydrogen-bond donors (Lipinski definition) is 0. The van der Waals surface area contributed by atoms with Crippen LogP contribution in [0.25, 0.3) is 0 Å². The predicted molar refractivity (Wildman–Crippen MR) is 42.9 cm³/mol. The second-order valence-corrected chi connectivity index (χ2v) is 2.65. The van der Waals surface area contributed by atoms with E-state index in [4.69, 9.17) is 4.74 Å². The Morgan fingerprint density at radius 3 is 3.10 bits per heavy atom. The first-order chi connectivity index (χ1) is 4.83. The molecule has 1 aliphatic rings. The highest BCUT2D eigenvalue weighted by Crippen LogP contribution is 2.14. The Balaban J connectivity index is 2.45. The third-order valence-corrected chi connectivity index (χ3v) is 1.67. The van der Waals surface area contributed by atoms with Gasteiger partial charge in [0, 0.05) is 0 Å². The zero-order chi connectivity index (χ0) is 7.40. The molecule has 0 aromatic heterocycles. The van der Waals surface area contributed by atoms with Gasteiger partial charge in [0.2, 0.25) is 0 Å². The molecule has 0 aromatic rings. The van der Waals surface area contributed by atoms with Gasteiger partial charge in [-0.15, -0.1) is 0 Å². The van der Waals surface area contributed by atoms with Crippen LogP contribution < -0.4 is 0 Å². The fraction of sp³-hybridized carbons (Fsp3) is 0.556. The number of ether oxygens (including phenoxy) is 1. The maximum absolute atomic E-state index is 5.43. The summed E-state index contributed by atoms with van der Waals surface area (Å²) in [5.41, 5.74) is 1.44. The Morgan fingerprint density at radius 2 is 2.50 bits per heavy atom. The van der Waals surface area contributed by atoms with Crippen molar-refractivity contribution in [2.75, 3.05) is 6.61 Å². The van der Waals surface area contributed by atoms with Crippen LogP contribution in [0.2, 0.25) is 0 Å². The van der Waals surface area contributed by atoms with E-state index in [0.29, 0.717) is 6.10 Å². The first-order valence-electron chi connectivity index (χ1n) is 3.73. The van der Waals surface area contributed by atoms with Crippen molar-refractivity contribution >= 4 is 0 Å². The van der Waals surface area contributed by atoms with Gasteiger partial charge in [-0.1, -0.05) is 23.8 Å². The van der Waals surface area contributed by atoms with Gasteiger partial charge in [-0.05, 0) is 20.3 Å². The zero-order valence-corrected chi connectivity index (χ0v) is 6.63. The Morgan fingerprint density at radius 1 is 1.70 bits per heavy atom. The molecule has 0 fully saturated rings. The first kappa shape index (κ1) is 7.55. The molecule has 1 heteroatoms. The fourth-order valence-electron chi connectivity index (χ4n) is 1.11. The predicted octanol–water partition coefficient (Wildman–Crippen LogP) is 2.30. The minimum Gasteiger partial charge on any atom is -0.370 e. The van der Waals surface area contributed by atoms with E-state index in [9.17, 15) is 0 Å². The first-order valence-corrected chi connectivity index (χ1v) is 3.73. The van der Waals surface area contributed by atoms with Gasteiger partial charge in [0.05, 0.1) is 12.7 Å². The van der Waals surface area contributed by atoms with Crippen LogP contribution in [0.4, 0.5) is 0 Å². The molecule has 0 radical (unpaired) electrons. The fourth-order valence-corrected chi connectivity index (χ4v) is 1.11. The largest absolute Gasteiger partial charge is 0.370 e. The molecule has 1 aliphatic heterocycles. The second-order valence-electron chi connectivity index (χ2n) is 2.65. The minimum absolute atomic E-state index is 0.329. The average Bonchev–Trinajstić information content (AvgIpc) is 1.88. The van der Waals surface area contributed by atoms with Crippen LogP contribution in [0.3, 0.4) is 0 Å². The Kier molecular flexibility index (Phi) is 2.69. The van der Waals surface area contributed by atoms with Gasteiger partial charge >= 0.3 is 0 Å². The molecule has 1 heterocycles. The highest BCUT2D eigenvalue weighted by molar-refractivity contribution is 5.07. The van der Waals surface area contributed by atoms with Crippen LogP contribution in [-0.2, 0) is 4.74 Å². The summed E-state index contributed by atoms with van der Waals surface area (Å²) in [5.74, 6) is 0. The Labute approximate surface area is 62.4 Å². The summed E-state index contributed by atoms with van der Waals surface area (Å²) < 4.78 is 5.43. The van der Waals surface area contributed by atoms with Gasteiger partial charge < -0.3 is 4.74 Å². The van der Waals surface area contributed by atoms with E-state index in [0.717, 1.165) is 13.0 Å². The number of hydrogen-bond acceptors (Lipinski definition) is 1. The molecular formula is C9H14O. The van der Waals surface area contributed by atoms with Crippen molar-refractivity contribution in [3.63, 3.8) is 0 Å². The topological polar surface area (TPSA) is 9.23 Å². The van der Waals surface area contributed by atoms with E-state index in [1.165, 1.54) is 5.57 Å². The third kappa shape index (κ3) is 1.99. The molecule has 1 atom stereocenters. The van der Waals surface area contributed by atoms with Crippen molar-refractivity contribution in [2.45, 2.75) is 26.4 Å². The molecule has 0 N–H and O–H groups in total. The van der Waals surface area contributed by atoms with Crippen molar-refractivity contribution in [2.24, 2.45) is 0 Å². The molecule has 0 aromatic carbocycles. The van der Waals surface area contributed by atoms with Crippen LogP contribution in [0, 0.1) is 0 Å². The summed E-state index contributed by atoms with van der Waals surface area (Å²) in [5, 5.41) is 0. The van der Waals surface area contributed by atoms with Crippen LogP contribution in [0.1, 0.15) is 20.3 Å². The number of allylic oxidation sites excluding steroid dienone is 1. The second kappa shape index (κ2) is 3.57.